The van der Waals surface area contributed by atoms with E-state index in [0.29, 0.717) is 12.8 Å². The van der Waals surface area contributed by atoms with Crippen molar-refractivity contribution < 1.29 is 24.2 Å². The third-order valence-electron chi connectivity index (χ3n) is 11.6. The van der Waals surface area contributed by atoms with Crippen LogP contribution in [0.2, 0.25) is 0 Å². The van der Waals surface area contributed by atoms with Crippen LogP contribution in [0, 0.1) is 0 Å². The van der Waals surface area contributed by atoms with E-state index in [9.17, 15) is 14.7 Å². The summed E-state index contributed by atoms with van der Waals surface area (Å²) in [5, 5.41) is 9.62. The highest BCUT2D eigenvalue weighted by atomic mass is 16.6. The molecule has 5 heteroatoms. The van der Waals surface area contributed by atoms with Crippen LogP contribution in [-0.4, -0.2) is 36.4 Å². The highest BCUT2D eigenvalue weighted by molar-refractivity contribution is 5.70. The Labute approximate surface area is 350 Å². The smallest absolute Gasteiger partial charge is 0.306 e. The second-order valence-electron chi connectivity index (χ2n) is 17.3. The molecule has 332 valence electrons. The minimum Gasteiger partial charge on any atom is -0.462 e. The lowest BCUT2D eigenvalue weighted by Crippen LogP contribution is -2.28. The molecule has 0 heterocycles. The molecule has 0 unspecified atom stereocenters. The van der Waals surface area contributed by atoms with Crippen molar-refractivity contribution in [3.8, 4) is 0 Å². The lowest BCUT2D eigenvalue weighted by molar-refractivity contribution is -0.161. The second kappa shape index (κ2) is 48.0. The topological polar surface area (TPSA) is 72.8 Å². The summed E-state index contributed by atoms with van der Waals surface area (Å²) in [4.78, 5) is 24.4. The number of unbranched alkanes of at least 4 members (excludes halogenated alkanes) is 37. The molecule has 0 amide bonds. The molecule has 0 rings (SSSR count). The van der Waals surface area contributed by atoms with Crippen molar-refractivity contribution in [2.45, 2.75) is 290 Å². The predicted octanol–water partition coefficient (Wildman–Crippen LogP) is 16.4. The number of rotatable bonds is 47. The number of aliphatic hydroxyl groups is 1. The molecular weight excluding hydrogens is 693 g/mol. The molecule has 0 saturated carbocycles. The molecule has 1 N–H and O–H groups in total. The minimum atomic E-state index is -0.766. The van der Waals surface area contributed by atoms with Gasteiger partial charge in [0, 0.05) is 12.8 Å². The maximum Gasteiger partial charge on any atom is 0.306 e. The van der Waals surface area contributed by atoms with Crippen molar-refractivity contribution in [2.24, 2.45) is 0 Å². The van der Waals surface area contributed by atoms with Gasteiger partial charge in [-0.2, -0.15) is 0 Å². The number of esters is 2. The number of aliphatic hydroxyl groups excluding tert-OH is 1. The van der Waals surface area contributed by atoms with Crippen LogP contribution in [0.1, 0.15) is 284 Å². The molecule has 0 aromatic rings. The van der Waals surface area contributed by atoms with Gasteiger partial charge in [-0.3, -0.25) is 9.59 Å². The highest BCUT2D eigenvalue weighted by Gasteiger charge is 2.16. The zero-order valence-corrected chi connectivity index (χ0v) is 37.9. The summed E-state index contributed by atoms with van der Waals surface area (Å²) in [6.45, 7) is 4.18. The highest BCUT2D eigenvalue weighted by Crippen LogP contribution is 2.17. The SMILES string of the molecule is CCCCCCCC/C=C/CCCCCCCCCCCCCC(=O)O[C@@H](CO)COC(=O)CCCCCCCCCCCCCCCCCCCCCCC. The maximum absolute atomic E-state index is 12.3. The summed E-state index contributed by atoms with van der Waals surface area (Å²) >= 11 is 0. The molecular formula is C51H98O5. The van der Waals surface area contributed by atoms with Crippen LogP contribution in [0.25, 0.3) is 0 Å². The molecule has 0 saturated heterocycles. The molecule has 0 aromatic heterocycles. The first-order valence-electron chi connectivity index (χ1n) is 25.2. The van der Waals surface area contributed by atoms with E-state index >= 15 is 0 Å². The molecule has 1 atom stereocenters. The monoisotopic (exact) mass is 791 g/mol. The number of carbonyl (C=O) groups is 2. The van der Waals surface area contributed by atoms with Gasteiger partial charge in [0.1, 0.15) is 6.61 Å². The van der Waals surface area contributed by atoms with Crippen LogP contribution in [0.5, 0.6) is 0 Å². The molecule has 0 radical (unpaired) electrons. The zero-order valence-electron chi connectivity index (χ0n) is 37.9. The fourth-order valence-corrected chi connectivity index (χ4v) is 7.73. The molecule has 0 aromatic carbocycles. The first-order chi connectivity index (χ1) is 27.6. The van der Waals surface area contributed by atoms with Crippen LogP contribution < -0.4 is 0 Å². The van der Waals surface area contributed by atoms with Crippen LogP contribution >= 0.6 is 0 Å². The Kier molecular flexibility index (Phi) is 46.8. The van der Waals surface area contributed by atoms with E-state index in [1.807, 2.05) is 0 Å². The maximum atomic E-state index is 12.3. The van der Waals surface area contributed by atoms with Gasteiger partial charge in [-0.1, -0.05) is 244 Å². The van der Waals surface area contributed by atoms with Crippen molar-refractivity contribution in [3.63, 3.8) is 0 Å². The Morgan fingerprint density at radius 2 is 0.661 bits per heavy atom. The summed E-state index contributed by atoms with van der Waals surface area (Å²) in [5.74, 6) is -0.572. The molecule has 56 heavy (non-hydrogen) atoms. The van der Waals surface area contributed by atoms with E-state index in [0.717, 1.165) is 32.1 Å². The van der Waals surface area contributed by atoms with Gasteiger partial charge in [-0.05, 0) is 38.5 Å². The van der Waals surface area contributed by atoms with Gasteiger partial charge in [-0.25, -0.2) is 0 Å². The average molecular weight is 791 g/mol. The Morgan fingerprint density at radius 1 is 0.393 bits per heavy atom. The molecule has 0 bridgehead atoms. The fraction of sp³-hybridized carbons (Fsp3) is 0.922. The molecule has 5 nitrogen and oxygen atoms in total. The zero-order chi connectivity index (χ0) is 40.7. The Balaban J connectivity index is 3.44. The van der Waals surface area contributed by atoms with Crippen molar-refractivity contribution in [2.75, 3.05) is 13.2 Å². The minimum absolute atomic E-state index is 0.0588. The quantitative estimate of drug-likeness (QED) is 0.0378. The summed E-state index contributed by atoms with van der Waals surface area (Å²) in [6, 6.07) is 0. The van der Waals surface area contributed by atoms with Crippen molar-refractivity contribution in [1.82, 2.24) is 0 Å². The van der Waals surface area contributed by atoms with Gasteiger partial charge in [-0.15, -0.1) is 0 Å². The van der Waals surface area contributed by atoms with E-state index in [2.05, 4.69) is 26.0 Å². The normalized spacial score (nSPS) is 12.1. The number of carbonyl (C=O) groups excluding carboxylic acids is 2. The van der Waals surface area contributed by atoms with E-state index < -0.39 is 6.10 Å². The third-order valence-corrected chi connectivity index (χ3v) is 11.6. The van der Waals surface area contributed by atoms with E-state index in [1.165, 1.54) is 225 Å². The van der Waals surface area contributed by atoms with E-state index in [-0.39, 0.29) is 25.2 Å². The van der Waals surface area contributed by atoms with Crippen LogP contribution in [0.4, 0.5) is 0 Å². The standard InChI is InChI=1S/C51H98O5/c1-3-5-7-9-11-13-15-17-19-21-23-25-27-29-31-33-35-37-39-41-43-45-50(53)55-48-49(47-52)56-51(54)46-44-42-40-38-36-34-32-30-28-26-24-22-20-18-16-14-12-10-8-6-4-2/h18,20,49,52H,3-17,19,21-48H2,1-2H3/b20-18+/t49-/m0/s1. The van der Waals surface area contributed by atoms with Crippen LogP contribution in [-0.2, 0) is 19.1 Å². The van der Waals surface area contributed by atoms with Crippen LogP contribution in [0.3, 0.4) is 0 Å². The molecule has 0 aliphatic rings. The molecule has 0 spiro atoms. The van der Waals surface area contributed by atoms with Crippen LogP contribution in [0.15, 0.2) is 12.2 Å². The first kappa shape index (κ1) is 54.6. The largest absolute Gasteiger partial charge is 0.462 e. The van der Waals surface area contributed by atoms with Gasteiger partial charge in [0.2, 0.25) is 0 Å². The number of hydrogen-bond donors (Lipinski definition) is 1. The summed E-state index contributed by atoms with van der Waals surface area (Å²) in [7, 11) is 0. The first-order valence-corrected chi connectivity index (χ1v) is 25.2. The molecule has 0 aliphatic heterocycles. The van der Waals surface area contributed by atoms with E-state index in [4.69, 9.17) is 9.47 Å². The van der Waals surface area contributed by atoms with Crippen molar-refractivity contribution in [3.05, 3.63) is 12.2 Å². The Morgan fingerprint density at radius 3 is 0.964 bits per heavy atom. The van der Waals surface area contributed by atoms with Gasteiger partial charge >= 0.3 is 11.9 Å². The third kappa shape index (κ3) is 45.3. The number of hydrogen-bond acceptors (Lipinski definition) is 5. The van der Waals surface area contributed by atoms with Crippen molar-refractivity contribution in [1.29, 1.82) is 0 Å². The van der Waals surface area contributed by atoms with E-state index in [1.54, 1.807) is 0 Å². The van der Waals surface area contributed by atoms with Gasteiger partial charge in [0.05, 0.1) is 6.61 Å². The Hall–Kier alpha value is -1.36. The second-order valence-corrected chi connectivity index (χ2v) is 17.3. The summed E-state index contributed by atoms with van der Waals surface area (Å²) < 4.78 is 10.7. The fourth-order valence-electron chi connectivity index (χ4n) is 7.73. The van der Waals surface area contributed by atoms with Gasteiger partial charge in [0.15, 0.2) is 6.10 Å². The lowest BCUT2D eigenvalue weighted by Gasteiger charge is -2.15. The Bertz CT molecular complexity index is 810. The average Bonchev–Trinajstić information content (AvgIpc) is 3.20. The summed E-state index contributed by atoms with van der Waals surface area (Å²) in [6.07, 6.45) is 57.3. The predicted molar refractivity (Wildman–Crippen MR) is 242 cm³/mol. The lowest BCUT2D eigenvalue weighted by atomic mass is 10.0. The van der Waals surface area contributed by atoms with Gasteiger partial charge in [0.25, 0.3) is 0 Å². The van der Waals surface area contributed by atoms with Crippen molar-refractivity contribution >= 4 is 11.9 Å². The molecule has 0 fully saturated rings. The van der Waals surface area contributed by atoms with Gasteiger partial charge < -0.3 is 14.6 Å². The summed E-state index contributed by atoms with van der Waals surface area (Å²) in [5.41, 5.74) is 0. The number of ether oxygens (including phenoxy) is 2. The molecule has 0 aliphatic carbocycles. The number of allylic oxidation sites excluding steroid dienone is 2.